The molecule has 0 radical (unpaired) electrons. The van der Waals surface area contributed by atoms with Crippen molar-refractivity contribution in [2.75, 3.05) is 6.61 Å². The maximum atomic E-state index is 12.5. The highest BCUT2D eigenvalue weighted by atomic mass is 16.5. The Balaban J connectivity index is 0. The Morgan fingerprint density at radius 1 is 0.309 bits per heavy atom. The van der Waals surface area contributed by atoms with Crippen LogP contribution in [0.4, 0.5) is 0 Å². The Morgan fingerprint density at radius 3 is 0.891 bits per heavy atom. The highest BCUT2D eigenvalue weighted by Crippen LogP contribution is 2.19. The number of hydrogen-bond donors (Lipinski definition) is 0. The first-order valence-electron chi connectivity index (χ1n) is 25.4. The van der Waals surface area contributed by atoms with Gasteiger partial charge in [-0.3, -0.25) is 9.59 Å². The van der Waals surface area contributed by atoms with Gasteiger partial charge in [-0.2, -0.15) is 0 Å². The van der Waals surface area contributed by atoms with Crippen molar-refractivity contribution in [2.24, 2.45) is 0 Å². The molecule has 0 aromatic rings. The molecule has 0 bridgehead atoms. The highest BCUT2D eigenvalue weighted by Gasteiger charge is 2.14. The molecule has 1 atom stereocenters. The summed E-state index contributed by atoms with van der Waals surface area (Å²) in [5.74, 6) is 0.0685. The topological polar surface area (TPSA) is 52.6 Å². The predicted molar refractivity (Wildman–Crippen MR) is 243 cm³/mol. The average Bonchev–Trinajstić information content (AvgIpc) is 3.18. The fourth-order valence-electron chi connectivity index (χ4n) is 7.47. The van der Waals surface area contributed by atoms with Gasteiger partial charge >= 0.3 is 11.9 Å². The standard InChI is InChI=1S/C33H66O2.C18H36O2/c1-4-7-10-13-15-16-17-18-19-20-22-25-28-31-33(34)35-32(29-26-23-12-9-6-3)30-27-24-21-14-11-8-5-2;1-3-5-7-9-10-11-12-13-14-16-18(19)20-17-15-8-6-4-2/h32H,4-31H2,1-3H3;3-17H2,1-2H3. The fourth-order valence-corrected chi connectivity index (χ4v) is 7.47. The van der Waals surface area contributed by atoms with Crippen molar-refractivity contribution in [1.82, 2.24) is 0 Å². The number of carbonyl (C=O) groups excluding carboxylic acids is 2. The quantitative estimate of drug-likeness (QED) is 0.0457. The lowest BCUT2D eigenvalue weighted by atomic mass is 10.0. The lowest BCUT2D eigenvalue weighted by Gasteiger charge is -2.18. The van der Waals surface area contributed by atoms with Crippen molar-refractivity contribution in [3.05, 3.63) is 0 Å². The molecule has 0 aromatic heterocycles. The van der Waals surface area contributed by atoms with Crippen molar-refractivity contribution >= 4 is 11.9 Å². The molecule has 0 saturated heterocycles. The highest BCUT2D eigenvalue weighted by molar-refractivity contribution is 5.69. The molecule has 0 amide bonds. The van der Waals surface area contributed by atoms with Gasteiger partial charge in [-0.05, 0) is 44.9 Å². The molecule has 0 aliphatic heterocycles. The van der Waals surface area contributed by atoms with Crippen molar-refractivity contribution in [3.63, 3.8) is 0 Å². The molecule has 330 valence electrons. The summed E-state index contributed by atoms with van der Waals surface area (Å²) < 4.78 is 11.2. The number of carbonyl (C=O) groups is 2. The Labute approximate surface area is 347 Å². The van der Waals surface area contributed by atoms with Crippen LogP contribution in [0.5, 0.6) is 0 Å². The first kappa shape index (κ1) is 56.0. The van der Waals surface area contributed by atoms with Crippen LogP contribution in [0.1, 0.15) is 304 Å². The van der Waals surface area contributed by atoms with E-state index in [4.69, 9.17) is 9.47 Å². The van der Waals surface area contributed by atoms with Crippen LogP contribution in [-0.4, -0.2) is 24.6 Å². The minimum absolute atomic E-state index is 0.00412. The van der Waals surface area contributed by atoms with E-state index in [1.807, 2.05) is 0 Å². The molecule has 0 saturated carbocycles. The molecule has 0 aliphatic rings. The zero-order valence-corrected chi connectivity index (χ0v) is 38.6. The second-order valence-corrected chi connectivity index (χ2v) is 17.1. The van der Waals surface area contributed by atoms with Gasteiger partial charge in [0.1, 0.15) is 6.10 Å². The van der Waals surface area contributed by atoms with E-state index in [-0.39, 0.29) is 18.0 Å². The van der Waals surface area contributed by atoms with Gasteiger partial charge in [-0.1, -0.05) is 247 Å². The van der Waals surface area contributed by atoms with Gasteiger partial charge in [0.25, 0.3) is 0 Å². The van der Waals surface area contributed by atoms with Gasteiger partial charge in [-0.15, -0.1) is 0 Å². The number of ether oxygens (including phenoxy) is 2. The molecule has 4 nitrogen and oxygen atoms in total. The zero-order valence-electron chi connectivity index (χ0n) is 38.6. The SMILES string of the molecule is CCCCCCCCCCCC(=O)OCCCCCC.CCCCCCCCCCCCCCCC(=O)OC(CCCCCCC)CCCCCCCCC. The lowest BCUT2D eigenvalue weighted by Crippen LogP contribution is -2.18. The predicted octanol–water partition coefficient (Wildman–Crippen LogP) is 17.9. The summed E-state index contributed by atoms with van der Waals surface area (Å²) in [7, 11) is 0. The van der Waals surface area contributed by atoms with Crippen LogP contribution >= 0.6 is 0 Å². The van der Waals surface area contributed by atoms with Crippen LogP contribution < -0.4 is 0 Å². The van der Waals surface area contributed by atoms with Crippen molar-refractivity contribution < 1.29 is 19.1 Å². The number of esters is 2. The van der Waals surface area contributed by atoms with Crippen molar-refractivity contribution in [3.8, 4) is 0 Å². The Morgan fingerprint density at radius 2 is 0.564 bits per heavy atom. The Kier molecular flexibility index (Phi) is 51.9. The van der Waals surface area contributed by atoms with Crippen LogP contribution in [0.25, 0.3) is 0 Å². The fraction of sp³-hybridized carbons (Fsp3) is 0.961. The number of unbranched alkanes of at least 4 members (excludes halogenated alkanes) is 33. The minimum atomic E-state index is 0.00412. The van der Waals surface area contributed by atoms with Gasteiger partial charge < -0.3 is 9.47 Å². The van der Waals surface area contributed by atoms with Crippen LogP contribution in [0.3, 0.4) is 0 Å². The normalized spacial score (nSPS) is 11.7. The van der Waals surface area contributed by atoms with E-state index >= 15 is 0 Å². The van der Waals surface area contributed by atoms with E-state index in [1.54, 1.807) is 0 Å². The molecule has 0 heterocycles. The molecule has 0 rings (SSSR count). The summed E-state index contributed by atoms with van der Waals surface area (Å²) in [4.78, 5) is 23.9. The lowest BCUT2D eigenvalue weighted by molar-refractivity contribution is -0.150. The zero-order chi connectivity index (χ0) is 40.6. The largest absolute Gasteiger partial charge is 0.466 e. The maximum Gasteiger partial charge on any atom is 0.306 e. The van der Waals surface area contributed by atoms with E-state index in [0.29, 0.717) is 19.4 Å². The molecule has 4 heteroatoms. The smallest absolute Gasteiger partial charge is 0.306 e. The summed E-state index contributed by atoms with van der Waals surface area (Å²) in [6.07, 6.45) is 53.1. The van der Waals surface area contributed by atoms with E-state index in [2.05, 4.69) is 34.6 Å². The molecule has 0 aromatic carbocycles. The number of rotatable bonds is 44. The minimum Gasteiger partial charge on any atom is -0.466 e. The Bertz CT molecular complexity index is 722. The van der Waals surface area contributed by atoms with Gasteiger partial charge in [0, 0.05) is 12.8 Å². The van der Waals surface area contributed by atoms with Crippen molar-refractivity contribution in [2.45, 2.75) is 310 Å². The average molecular weight is 779 g/mol. The van der Waals surface area contributed by atoms with Crippen molar-refractivity contribution in [1.29, 1.82) is 0 Å². The third-order valence-corrected chi connectivity index (χ3v) is 11.3. The molecular formula is C51H102O4. The third-order valence-electron chi connectivity index (χ3n) is 11.3. The van der Waals surface area contributed by atoms with Crippen LogP contribution in [0.15, 0.2) is 0 Å². The molecule has 0 aliphatic carbocycles. The molecule has 0 N–H and O–H groups in total. The van der Waals surface area contributed by atoms with E-state index in [0.717, 1.165) is 32.1 Å². The first-order chi connectivity index (χ1) is 27.0. The van der Waals surface area contributed by atoms with E-state index in [1.165, 1.54) is 225 Å². The molecule has 1 unspecified atom stereocenters. The summed E-state index contributed by atoms with van der Waals surface area (Å²) in [5.41, 5.74) is 0. The van der Waals surface area contributed by atoms with Gasteiger partial charge in [0.2, 0.25) is 0 Å². The molecule has 0 fully saturated rings. The Hall–Kier alpha value is -1.06. The van der Waals surface area contributed by atoms with Gasteiger partial charge in [0.15, 0.2) is 0 Å². The van der Waals surface area contributed by atoms with Gasteiger partial charge in [-0.25, -0.2) is 0 Å². The molecule has 0 spiro atoms. The third kappa shape index (κ3) is 50.9. The van der Waals surface area contributed by atoms with Crippen LogP contribution in [0.2, 0.25) is 0 Å². The summed E-state index contributed by atoms with van der Waals surface area (Å²) in [5, 5.41) is 0. The molecule has 55 heavy (non-hydrogen) atoms. The number of hydrogen-bond acceptors (Lipinski definition) is 4. The van der Waals surface area contributed by atoms with E-state index in [9.17, 15) is 9.59 Å². The van der Waals surface area contributed by atoms with E-state index < -0.39 is 0 Å². The molecular weight excluding hydrogens is 677 g/mol. The van der Waals surface area contributed by atoms with Crippen LogP contribution in [-0.2, 0) is 19.1 Å². The maximum absolute atomic E-state index is 12.5. The summed E-state index contributed by atoms with van der Waals surface area (Å²) in [6, 6.07) is 0. The first-order valence-corrected chi connectivity index (χ1v) is 25.4. The van der Waals surface area contributed by atoms with Crippen LogP contribution in [0, 0.1) is 0 Å². The summed E-state index contributed by atoms with van der Waals surface area (Å²) >= 11 is 0. The second-order valence-electron chi connectivity index (χ2n) is 17.1. The summed E-state index contributed by atoms with van der Waals surface area (Å²) in [6.45, 7) is 11.9. The second kappa shape index (κ2) is 51.0. The monoisotopic (exact) mass is 779 g/mol. The van der Waals surface area contributed by atoms with Gasteiger partial charge in [0.05, 0.1) is 6.61 Å².